The molecule has 0 aliphatic carbocycles. The zero-order valence-electron chi connectivity index (χ0n) is 12.7. The van der Waals surface area contributed by atoms with Gasteiger partial charge in [-0.3, -0.25) is 20.4 Å². The van der Waals surface area contributed by atoms with E-state index in [1.54, 1.807) is 48.7 Å². The number of hydrogen-bond donors (Lipinski definition) is 2. The number of esters is 1. The van der Waals surface area contributed by atoms with Crippen molar-refractivity contribution in [3.63, 3.8) is 0 Å². The summed E-state index contributed by atoms with van der Waals surface area (Å²) in [4.78, 5) is 36.0. The van der Waals surface area contributed by atoms with Crippen molar-refractivity contribution in [2.75, 3.05) is 0 Å². The molecule has 2 rings (SSSR count). The molecule has 23 heavy (non-hydrogen) atoms. The monoisotopic (exact) mass is 332 g/mol. The first-order chi connectivity index (χ1) is 11.0. The molecular weight excluding hydrogens is 316 g/mol. The lowest BCUT2D eigenvalue weighted by Gasteiger charge is -2.13. The van der Waals surface area contributed by atoms with Gasteiger partial charge in [-0.1, -0.05) is 18.2 Å². The summed E-state index contributed by atoms with van der Waals surface area (Å²) in [6.07, 6.45) is -1.03. The molecule has 2 aromatic rings. The third kappa shape index (κ3) is 4.40. The fraction of sp³-hybridized carbons (Fsp3) is 0.188. The number of rotatable bonds is 4. The smallest absolute Gasteiger partial charge is 0.349 e. The Hall–Kier alpha value is -2.67. The first-order valence-electron chi connectivity index (χ1n) is 6.89. The molecule has 0 radical (unpaired) electrons. The van der Waals surface area contributed by atoms with Gasteiger partial charge in [0.05, 0.1) is 0 Å². The van der Waals surface area contributed by atoms with Crippen molar-refractivity contribution < 1.29 is 19.1 Å². The molecule has 1 aromatic carbocycles. The minimum atomic E-state index is -1.03. The summed E-state index contributed by atoms with van der Waals surface area (Å²) in [5.41, 5.74) is 5.71. The number of hydrazine groups is 1. The summed E-state index contributed by atoms with van der Waals surface area (Å²) in [6.45, 7) is 3.22. The van der Waals surface area contributed by atoms with Crippen LogP contribution in [0.1, 0.15) is 32.5 Å². The van der Waals surface area contributed by atoms with Crippen molar-refractivity contribution in [2.45, 2.75) is 20.0 Å². The number of aryl methyl sites for hydroxylation is 1. The van der Waals surface area contributed by atoms with Gasteiger partial charge in [-0.05, 0) is 43.0 Å². The summed E-state index contributed by atoms with van der Waals surface area (Å²) in [6, 6.07) is 10.2. The average Bonchev–Trinajstić information content (AvgIpc) is 2.99. The van der Waals surface area contributed by atoms with Crippen LogP contribution in [0.25, 0.3) is 0 Å². The van der Waals surface area contributed by atoms with Crippen LogP contribution in [0, 0.1) is 6.92 Å². The lowest BCUT2D eigenvalue weighted by atomic mass is 10.2. The average molecular weight is 332 g/mol. The van der Waals surface area contributed by atoms with Crippen LogP contribution in [-0.4, -0.2) is 23.9 Å². The predicted molar refractivity (Wildman–Crippen MR) is 86.0 cm³/mol. The van der Waals surface area contributed by atoms with Gasteiger partial charge in [-0.2, -0.15) is 0 Å². The standard InChI is InChI=1S/C16H16N2O4S/c1-10-8-9-23-13(10)16(21)22-11(2)14(19)17-18-15(20)12-6-4-3-5-7-12/h3-9,11H,1-2H3,(H,17,19)(H,18,20)/t11-/m0/s1. The summed E-state index contributed by atoms with van der Waals surface area (Å²) in [7, 11) is 0. The highest BCUT2D eigenvalue weighted by atomic mass is 32.1. The molecule has 2 amide bonds. The van der Waals surface area contributed by atoms with E-state index < -0.39 is 23.9 Å². The van der Waals surface area contributed by atoms with Gasteiger partial charge in [-0.15, -0.1) is 11.3 Å². The fourth-order valence-electron chi connectivity index (χ4n) is 1.73. The summed E-state index contributed by atoms with van der Waals surface area (Å²) in [5, 5.41) is 1.77. The Morgan fingerprint density at radius 1 is 1.09 bits per heavy atom. The van der Waals surface area contributed by atoms with Crippen LogP contribution in [0.3, 0.4) is 0 Å². The Morgan fingerprint density at radius 3 is 2.39 bits per heavy atom. The summed E-state index contributed by atoms with van der Waals surface area (Å²) < 4.78 is 5.08. The molecule has 7 heteroatoms. The van der Waals surface area contributed by atoms with Gasteiger partial charge in [0.2, 0.25) is 0 Å². The molecule has 2 N–H and O–H groups in total. The van der Waals surface area contributed by atoms with E-state index in [4.69, 9.17) is 4.74 Å². The SMILES string of the molecule is Cc1ccsc1C(=O)O[C@@H](C)C(=O)NNC(=O)c1ccccc1. The summed E-state index contributed by atoms with van der Waals surface area (Å²) >= 11 is 1.25. The van der Waals surface area contributed by atoms with Gasteiger partial charge >= 0.3 is 5.97 Å². The molecule has 0 bridgehead atoms. The zero-order valence-corrected chi connectivity index (χ0v) is 13.5. The summed E-state index contributed by atoms with van der Waals surface area (Å²) in [5.74, 6) is -1.63. The topological polar surface area (TPSA) is 84.5 Å². The highest BCUT2D eigenvalue weighted by Crippen LogP contribution is 2.17. The van der Waals surface area contributed by atoms with Gasteiger partial charge in [-0.25, -0.2) is 4.79 Å². The molecule has 0 unspecified atom stereocenters. The van der Waals surface area contributed by atoms with E-state index >= 15 is 0 Å². The van der Waals surface area contributed by atoms with Gasteiger partial charge in [0.1, 0.15) is 4.88 Å². The number of hydrogen-bond acceptors (Lipinski definition) is 5. The second kappa shape index (κ2) is 7.55. The number of benzene rings is 1. The van der Waals surface area contributed by atoms with Crippen LogP contribution >= 0.6 is 11.3 Å². The highest BCUT2D eigenvalue weighted by Gasteiger charge is 2.21. The van der Waals surface area contributed by atoms with Gasteiger partial charge in [0.15, 0.2) is 6.10 Å². The minimum Gasteiger partial charge on any atom is -0.448 e. The molecule has 0 saturated heterocycles. The number of thiophene rings is 1. The first kappa shape index (κ1) is 16.7. The van der Waals surface area contributed by atoms with Gasteiger partial charge in [0, 0.05) is 5.56 Å². The number of carbonyl (C=O) groups excluding carboxylic acids is 3. The van der Waals surface area contributed by atoms with Gasteiger partial charge in [0.25, 0.3) is 11.8 Å². The quantitative estimate of drug-likeness (QED) is 0.663. The van der Waals surface area contributed by atoms with Crippen molar-refractivity contribution >= 4 is 29.1 Å². The maximum absolute atomic E-state index is 11.9. The molecular formula is C16H16N2O4S. The van der Waals surface area contributed by atoms with Crippen molar-refractivity contribution in [2.24, 2.45) is 0 Å². The van der Waals surface area contributed by atoms with Crippen molar-refractivity contribution in [1.82, 2.24) is 10.9 Å². The van der Waals surface area contributed by atoms with E-state index in [0.29, 0.717) is 10.4 Å². The maximum Gasteiger partial charge on any atom is 0.349 e. The van der Waals surface area contributed by atoms with E-state index in [1.807, 2.05) is 0 Å². The lowest BCUT2D eigenvalue weighted by Crippen LogP contribution is -2.46. The normalized spacial score (nSPS) is 11.4. The predicted octanol–water partition coefficient (Wildman–Crippen LogP) is 2.06. The second-order valence-corrected chi connectivity index (χ2v) is 5.71. The zero-order chi connectivity index (χ0) is 16.8. The number of nitrogens with one attached hydrogen (secondary N) is 2. The second-order valence-electron chi connectivity index (χ2n) is 4.79. The van der Waals surface area contributed by atoms with E-state index in [1.165, 1.54) is 18.3 Å². The van der Waals surface area contributed by atoms with Gasteiger partial charge < -0.3 is 4.74 Å². The molecule has 0 aliphatic heterocycles. The Bertz CT molecular complexity index is 712. The van der Waals surface area contributed by atoms with Crippen LogP contribution < -0.4 is 10.9 Å². The maximum atomic E-state index is 11.9. The molecule has 0 saturated carbocycles. The molecule has 1 atom stereocenters. The Labute approximate surface area is 137 Å². The van der Waals surface area contributed by atoms with Crippen LogP contribution in [0.2, 0.25) is 0 Å². The van der Waals surface area contributed by atoms with Crippen LogP contribution in [0.15, 0.2) is 41.8 Å². The van der Waals surface area contributed by atoms with Crippen molar-refractivity contribution in [3.8, 4) is 0 Å². The largest absolute Gasteiger partial charge is 0.448 e. The van der Waals surface area contributed by atoms with Crippen LogP contribution in [-0.2, 0) is 9.53 Å². The number of amides is 2. The Kier molecular flexibility index (Phi) is 5.48. The number of ether oxygens (including phenoxy) is 1. The van der Waals surface area contributed by atoms with Crippen molar-refractivity contribution in [3.05, 3.63) is 57.8 Å². The molecule has 0 fully saturated rings. The van der Waals surface area contributed by atoms with Crippen molar-refractivity contribution in [1.29, 1.82) is 0 Å². The molecule has 6 nitrogen and oxygen atoms in total. The van der Waals surface area contributed by atoms with Crippen LogP contribution in [0.4, 0.5) is 0 Å². The van der Waals surface area contributed by atoms with E-state index in [2.05, 4.69) is 10.9 Å². The highest BCUT2D eigenvalue weighted by molar-refractivity contribution is 7.12. The molecule has 0 spiro atoms. The third-order valence-corrected chi connectivity index (χ3v) is 4.03. The van der Waals surface area contributed by atoms with Crippen LogP contribution in [0.5, 0.6) is 0 Å². The van der Waals surface area contributed by atoms with E-state index in [9.17, 15) is 14.4 Å². The van der Waals surface area contributed by atoms with E-state index in [-0.39, 0.29) is 0 Å². The first-order valence-corrected chi connectivity index (χ1v) is 7.77. The lowest BCUT2D eigenvalue weighted by molar-refractivity contribution is -0.129. The molecule has 1 aromatic heterocycles. The Morgan fingerprint density at radius 2 is 1.78 bits per heavy atom. The fourth-order valence-corrected chi connectivity index (χ4v) is 2.54. The molecule has 1 heterocycles. The third-order valence-electron chi connectivity index (χ3n) is 3.04. The molecule has 0 aliphatic rings. The Balaban J connectivity index is 1.85. The minimum absolute atomic E-state index is 0.409. The van der Waals surface area contributed by atoms with E-state index in [0.717, 1.165) is 5.56 Å². The molecule has 120 valence electrons. The number of carbonyl (C=O) groups is 3.